The van der Waals surface area contributed by atoms with Crippen LogP contribution in [0.25, 0.3) is 0 Å². The lowest BCUT2D eigenvalue weighted by Crippen LogP contribution is -2.08. The van der Waals surface area contributed by atoms with E-state index in [9.17, 15) is 13.2 Å². The molecule has 0 aliphatic heterocycles. The number of thioether (sulfide) groups is 1. The van der Waals surface area contributed by atoms with Gasteiger partial charge in [-0.25, -0.2) is 0 Å². The Morgan fingerprint density at radius 3 is 2.41 bits per heavy atom. The van der Waals surface area contributed by atoms with Gasteiger partial charge in [-0.05, 0) is 29.8 Å². The molecule has 2 N–H and O–H groups in total. The summed E-state index contributed by atoms with van der Waals surface area (Å²) in [6.07, 6.45) is -4.34. The van der Waals surface area contributed by atoms with E-state index in [-0.39, 0.29) is 6.54 Å². The lowest BCUT2D eigenvalue weighted by molar-refractivity contribution is -0.137. The molecule has 0 heterocycles. The predicted octanol–water partition coefficient (Wildman–Crippen LogP) is 4.34. The highest BCUT2D eigenvalue weighted by Gasteiger charge is 2.30. The van der Waals surface area contributed by atoms with E-state index in [1.807, 2.05) is 30.3 Å². The molecule has 0 aliphatic rings. The molecule has 0 saturated heterocycles. The Balaban J connectivity index is 1.96. The van der Waals surface area contributed by atoms with Gasteiger partial charge in [0.1, 0.15) is 5.75 Å². The topological polar surface area (TPSA) is 35.2 Å². The Labute approximate surface area is 131 Å². The summed E-state index contributed by atoms with van der Waals surface area (Å²) in [5.74, 6) is 1.29. The number of rotatable bonds is 6. The molecule has 2 aromatic rings. The lowest BCUT2D eigenvalue weighted by atomic mass is 10.1. The quantitative estimate of drug-likeness (QED) is 0.633. The minimum Gasteiger partial charge on any atom is -0.493 e. The summed E-state index contributed by atoms with van der Waals surface area (Å²) in [4.78, 5) is 0.550. The SMILES string of the molecule is NCc1ccc(C(F)(F)F)cc1SCCOc1ccccc1. The Morgan fingerprint density at radius 2 is 1.77 bits per heavy atom. The van der Waals surface area contributed by atoms with Gasteiger partial charge in [0.2, 0.25) is 0 Å². The van der Waals surface area contributed by atoms with Crippen molar-refractivity contribution in [3.05, 3.63) is 59.7 Å². The molecule has 2 rings (SSSR count). The molecule has 0 spiro atoms. The fourth-order valence-corrected chi connectivity index (χ4v) is 2.80. The third kappa shape index (κ3) is 4.68. The van der Waals surface area contributed by atoms with Crippen LogP contribution in [0.1, 0.15) is 11.1 Å². The molecule has 0 amide bonds. The molecule has 0 unspecified atom stereocenters. The van der Waals surface area contributed by atoms with Crippen LogP contribution >= 0.6 is 11.8 Å². The molecular weight excluding hydrogens is 311 g/mol. The number of alkyl halides is 3. The van der Waals surface area contributed by atoms with Gasteiger partial charge >= 0.3 is 6.18 Å². The van der Waals surface area contributed by atoms with Crippen molar-refractivity contribution in [2.75, 3.05) is 12.4 Å². The molecule has 0 bridgehead atoms. The summed E-state index contributed by atoms with van der Waals surface area (Å²) in [5.41, 5.74) is 5.63. The van der Waals surface area contributed by atoms with E-state index in [1.165, 1.54) is 17.8 Å². The summed E-state index contributed by atoms with van der Waals surface area (Å²) in [6, 6.07) is 12.9. The van der Waals surface area contributed by atoms with Crippen molar-refractivity contribution in [1.82, 2.24) is 0 Å². The number of halogens is 3. The molecule has 118 valence electrons. The number of hydrogen-bond donors (Lipinski definition) is 1. The first-order chi connectivity index (χ1) is 10.5. The van der Waals surface area contributed by atoms with Crippen molar-refractivity contribution < 1.29 is 17.9 Å². The van der Waals surface area contributed by atoms with Crippen LogP contribution in [0.3, 0.4) is 0 Å². The molecule has 2 aromatic carbocycles. The van der Waals surface area contributed by atoms with E-state index < -0.39 is 11.7 Å². The van der Waals surface area contributed by atoms with Crippen molar-refractivity contribution >= 4 is 11.8 Å². The standard InChI is InChI=1S/C16H16F3NOS/c17-16(18,19)13-7-6-12(11-20)15(10-13)22-9-8-21-14-4-2-1-3-5-14/h1-7,10H,8-9,11,20H2. The zero-order valence-corrected chi connectivity index (χ0v) is 12.6. The lowest BCUT2D eigenvalue weighted by Gasteiger charge is -2.12. The Hall–Kier alpha value is -1.66. The normalized spacial score (nSPS) is 11.5. The number of ether oxygens (including phenoxy) is 1. The average molecular weight is 327 g/mol. The Morgan fingerprint density at radius 1 is 1.05 bits per heavy atom. The highest BCUT2D eigenvalue weighted by atomic mass is 32.2. The van der Waals surface area contributed by atoms with E-state index >= 15 is 0 Å². The van der Waals surface area contributed by atoms with Gasteiger partial charge in [0, 0.05) is 17.2 Å². The molecule has 0 atom stereocenters. The maximum atomic E-state index is 12.7. The molecule has 2 nitrogen and oxygen atoms in total. The molecule has 0 radical (unpaired) electrons. The second-order valence-corrected chi connectivity index (χ2v) is 5.67. The fourth-order valence-electron chi connectivity index (χ4n) is 1.86. The van der Waals surface area contributed by atoms with Gasteiger partial charge < -0.3 is 10.5 Å². The fraction of sp³-hybridized carbons (Fsp3) is 0.250. The first-order valence-electron chi connectivity index (χ1n) is 6.71. The summed E-state index contributed by atoms with van der Waals surface area (Å²) < 4.78 is 43.8. The van der Waals surface area contributed by atoms with E-state index in [2.05, 4.69) is 0 Å². The minimum atomic E-state index is -4.34. The summed E-state index contributed by atoms with van der Waals surface area (Å²) in [6.45, 7) is 0.620. The Bertz CT molecular complexity index is 602. The number of nitrogens with two attached hydrogens (primary N) is 1. The number of para-hydroxylation sites is 1. The molecule has 0 saturated carbocycles. The number of hydrogen-bond acceptors (Lipinski definition) is 3. The van der Waals surface area contributed by atoms with Crippen LogP contribution in [0.15, 0.2) is 53.4 Å². The maximum absolute atomic E-state index is 12.7. The van der Waals surface area contributed by atoms with Crippen molar-refractivity contribution in [3.8, 4) is 5.75 Å². The second kappa shape index (κ2) is 7.56. The zero-order valence-electron chi connectivity index (χ0n) is 11.8. The first-order valence-corrected chi connectivity index (χ1v) is 7.70. The summed E-state index contributed by atoms with van der Waals surface area (Å²) in [5, 5.41) is 0. The molecule has 6 heteroatoms. The van der Waals surface area contributed by atoms with E-state index in [4.69, 9.17) is 10.5 Å². The van der Waals surface area contributed by atoms with Crippen molar-refractivity contribution in [2.24, 2.45) is 5.73 Å². The zero-order chi connectivity index (χ0) is 16.0. The van der Waals surface area contributed by atoms with Gasteiger partial charge in [0.25, 0.3) is 0 Å². The van der Waals surface area contributed by atoms with Crippen LogP contribution in [0.4, 0.5) is 13.2 Å². The molecule has 22 heavy (non-hydrogen) atoms. The highest BCUT2D eigenvalue weighted by molar-refractivity contribution is 7.99. The van der Waals surface area contributed by atoms with Gasteiger partial charge in [-0.15, -0.1) is 11.8 Å². The van der Waals surface area contributed by atoms with Crippen LogP contribution in [0, 0.1) is 0 Å². The van der Waals surface area contributed by atoms with Gasteiger partial charge in [-0.3, -0.25) is 0 Å². The van der Waals surface area contributed by atoms with Crippen molar-refractivity contribution in [1.29, 1.82) is 0 Å². The molecular formula is C16H16F3NOS. The largest absolute Gasteiger partial charge is 0.493 e. The minimum absolute atomic E-state index is 0.208. The first kappa shape index (κ1) is 16.7. The van der Waals surface area contributed by atoms with E-state index in [0.717, 1.165) is 17.9 Å². The monoisotopic (exact) mass is 327 g/mol. The van der Waals surface area contributed by atoms with Crippen molar-refractivity contribution in [2.45, 2.75) is 17.6 Å². The van der Waals surface area contributed by atoms with Crippen LogP contribution < -0.4 is 10.5 Å². The second-order valence-electron chi connectivity index (χ2n) is 4.53. The van der Waals surface area contributed by atoms with Gasteiger partial charge in [0.05, 0.1) is 12.2 Å². The predicted molar refractivity (Wildman–Crippen MR) is 82.0 cm³/mol. The molecule has 0 aromatic heterocycles. The van der Waals surface area contributed by atoms with Crippen LogP contribution in [-0.4, -0.2) is 12.4 Å². The third-order valence-corrected chi connectivity index (χ3v) is 4.03. The van der Waals surface area contributed by atoms with E-state index in [0.29, 0.717) is 22.8 Å². The van der Waals surface area contributed by atoms with Crippen LogP contribution in [0.5, 0.6) is 5.75 Å². The van der Waals surface area contributed by atoms with Gasteiger partial charge in [-0.1, -0.05) is 24.3 Å². The van der Waals surface area contributed by atoms with Crippen molar-refractivity contribution in [3.63, 3.8) is 0 Å². The molecule has 0 fully saturated rings. The highest BCUT2D eigenvalue weighted by Crippen LogP contribution is 2.33. The van der Waals surface area contributed by atoms with Gasteiger partial charge in [0.15, 0.2) is 0 Å². The average Bonchev–Trinajstić information content (AvgIpc) is 2.51. The molecule has 0 aliphatic carbocycles. The summed E-state index contributed by atoms with van der Waals surface area (Å²) in [7, 11) is 0. The third-order valence-electron chi connectivity index (χ3n) is 2.97. The van der Waals surface area contributed by atoms with Gasteiger partial charge in [-0.2, -0.15) is 13.2 Å². The maximum Gasteiger partial charge on any atom is 0.416 e. The van der Waals surface area contributed by atoms with E-state index in [1.54, 1.807) is 0 Å². The number of benzene rings is 2. The Kier molecular flexibility index (Phi) is 5.74. The van der Waals surface area contributed by atoms with Crippen LogP contribution in [0.2, 0.25) is 0 Å². The van der Waals surface area contributed by atoms with Crippen LogP contribution in [-0.2, 0) is 12.7 Å². The smallest absolute Gasteiger partial charge is 0.416 e. The summed E-state index contributed by atoms with van der Waals surface area (Å²) >= 11 is 1.32.